The van der Waals surface area contributed by atoms with Crippen LogP contribution in [0.2, 0.25) is 0 Å². The molecule has 4 rings (SSSR count). The SMILES string of the molecule is COC1O[C@H](CN(/N=C/c2ccccc2)S(=O)(=O)c2ccc(C)cc2)[C@H]2OC(C)(C)O[C@@H]12. The van der Waals surface area contributed by atoms with Gasteiger partial charge in [0.15, 0.2) is 12.1 Å². The topological polar surface area (TPSA) is 86.7 Å². The quantitative estimate of drug-likeness (QED) is 0.467. The van der Waals surface area contributed by atoms with Crippen LogP contribution in [-0.4, -0.2) is 63.1 Å². The van der Waals surface area contributed by atoms with Gasteiger partial charge in [-0.3, -0.25) is 0 Å². The molecule has 0 N–H and O–H groups in total. The van der Waals surface area contributed by atoms with Crippen molar-refractivity contribution in [2.75, 3.05) is 13.7 Å². The van der Waals surface area contributed by atoms with Crippen LogP contribution in [0.1, 0.15) is 25.0 Å². The summed E-state index contributed by atoms with van der Waals surface area (Å²) >= 11 is 0. The lowest BCUT2D eigenvalue weighted by molar-refractivity contribution is -0.227. The molecule has 2 aromatic rings. The van der Waals surface area contributed by atoms with Crippen molar-refractivity contribution >= 4 is 16.2 Å². The second-order valence-electron chi connectivity index (χ2n) is 8.32. The average Bonchev–Trinajstić information content (AvgIpc) is 3.24. The minimum absolute atomic E-state index is 0.0555. The normalized spacial score (nSPS) is 27.0. The molecule has 2 aliphatic rings. The monoisotopic (exact) mass is 460 g/mol. The van der Waals surface area contributed by atoms with E-state index in [9.17, 15) is 8.42 Å². The Balaban J connectivity index is 1.65. The van der Waals surface area contributed by atoms with Gasteiger partial charge in [-0.1, -0.05) is 48.0 Å². The van der Waals surface area contributed by atoms with Crippen molar-refractivity contribution in [3.63, 3.8) is 0 Å². The maximum atomic E-state index is 13.5. The molecule has 4 atom stereocenters. The van der Waals surface area contributed by atoms with Crippen LogP contribution < -0.4 is 0 Å². The van der Waals surface area contributed by atoms with Crippen molar-refractivity contribution in [3.05, 3.63) is 65.7 Å². The van der Waals surface area contributed by atoms with E-state index in [4.69, 9.17) is 18.9 Å². The standard InChI is InChI=1S/C23H28N2O6S/c1-16-10-12-18(13-11-16)32(26,27)25(24-14-17-8-6-5-7-9-17)15-19-20-21(22(28-4)29-19)31-23(2,3)30-20/h5-14,19-22H,15H2,1-4H3/b24-14+/t19-,20-,21-,22?/m1/s1. The van der Waals surface area contributed by atoms with Crippen molar-refractivity contribution in [1.82, 2.24) is 4.41 Å². The van der Waals surface area contributed by atoms with Crippen LogP contribution in [0.15, 0.2) is 64.6 Å². The van der Waals surface area contributed by atoms with Gasteiger partial charge >= 0.3 is 0 Å². The zero-order chi connectivity index (χ0) is 22.9. The first-order chi connectivity index (χ1) is 15.2. The first kappa shape index (κ1) is 22.9. The fourth-order valence-electron chi connectivity index (χ4n) is 3.84. The third-order valence-electron chi connectivity index (χ3n) is 5.41. The number of ether oxygens (including phenoxy) is 4. The number of rotatable bonds is 7. The van der Waals surface area contributed by atoms with E-state index in [1.54, 1.807) is 24.3 Å². The highest BCUT2D eigenvalue weighted by atomic mass is 32.2. The Labute approximate surface area is 188 Å². The number of hydrazone groups is 1. The highest BCUT2D eigenvalue weighted by molar-refractivity contribution is 7.89. The highest BCUT2D eigenvalue weighted by Gasteiger charge is 2.56. The summed E-state index contributed by atoms with van der Waals surface area (Å²) in [6.45, 7) is 5.46. The number of nitrogens with zero attached hydrogens (tertiary/aromatic N) is 2. The number of fused-ring (bicyclic) bond motifs is 1. The number of aryl methyl sites for hydroxylation is 1. The van der Waals surface area contributed by atoms with Crippen molar-refractivity contribution < 1.29 is 27.4 Å². The van der Waals surface area contributed by atoms with Gasteiger partial charge in [0, 0.05) is 7.11 Å². The Kier molecular flexibility index (Phi) is 6.37. The molecule has 0 saturated carbocycles. The molecular weight excluding hydrogens is 432 g/mol. The Morgan fingerprint density at radius 1 is 1.06 bits per heavy atom. The molecular formula is C23H28N2O6S. The minimum Gasteiger partial charge on any atom is -0.353 e. The van der Waals surface area contributed by atoms with Gasteiger partial charge in [-0.25, -0.2) is 0 Å². The molecule has 2 heterocycles. The molecule has 2 aliphatic heterocycles. The third kappa shape index (κ3) is 4.72. The summed E-state index contributed by atoms with van der Waals surface area (Å²) in [5, 5.41) is 4.33. The van der Waals surface area contributed by atoms with Gasteiger partial charge in [0.2, 0.25) is 0 Å². The molecule has 0 amide bonds. The lowest BCUT2D eigenvalue weighted by Gasteiger charge is -2.26. The van der Waals surface area contributed by atoms with E-state index >= 15 is 0 Å². The van der Waals surface area contributed by atoms with Gasteiger partial charge < -0.3 is 18.9 Å². The lowest BCUT2D eigenvalue weighted by atomic mass is 10.1. The fourth-order valence-corrected chi connectivity index (χ4v) is 5.08. The molecule has 2 aromatic carbocycles. The van der Waals surface area contributed by atoms with Crippen molar-refractivity contribution in [3.8, 4) is 0 Å². The van der Waals surface area contributed by atoms with Crippen LogP contribution in [0.5, 0.6) is 0 Å². The summed E-state index contributed by atoms with van der Waals surface area (Å²) in [5.41, 5.74) is 1.74. The molecule has 0 spiro atoms. The van der Waals surface area contributed by atoms with Crippen molar-refractivity contribution in [2.24, 2.45) is 5.10 Å². The Bertz CT molecular complexity index is 1060. The Morgan fingerprint density at radius 3 is 2.38 bits per heavy atom. The largest absolute Gasteiger partial charge is 0.353 e. The number of hydrogen-bond acceptors (Lipinski definition) is 7. The zero-order valence-corrected chi connectivity index (χ0v) is 19.4. The molecule has 0 aliphatic carbocycles. The predicted octanol–water partition coefficient (Wildman–Crippen LogP) is 2.91. The summed E-state index contributed by atoms with van der Waals surface area (Å²) in [5.74, 6) is -0.817. The van der Waals surface area contributed by atoms with E-state index < -0.39 is 40.4 Å². The van der Waals surface area contributed by atoms with E-state index in [1.165, 1.54) is 13.3 Å². The molecule has 2 fully saturated rings. The van der Waals surface area contributed by atoms with Gasteiger partial charge in [-0.05, 0) is 38.5 Å². The van der Waals surface area contributed by atoms with E-state index in [1.807, 2.05) is 51.1 Å². The van der Waals surface area contributed by atoms with Crippen LogP contribution >= 0.6 is 0 Å². The van der Waals surface area contributed by atoms with Gasteiger partial charge in [0.05, 0.1) is 17.7 Å². The van der Waals surface area contributed by atoms with Crippen LogP contribution in [0.25, 0.3) is 0 Å². The fraction of sp³-hybridized carbons (Fsp3) is 0.435. The van der Waals surface area contributed by atoms with Gasteiger partial charge in [-0.2, -0.15) is 17.9 Å². The van der Waals surface area contributed by atoms with Gasteiger partial charge in [-0.15, -0.1) is 0 Å². The summed E-state index contributed by atoms with van der Waals surface area (Å²) in [7, 11) is -2.42. The summed E-state index contributed by atoms with van der Waals surface area (Å²) < 4.78 is 51.3. The molecule has 9 heteroatoms. The molecule has 2 saturated heterocycles. The van der Waals surface area contributed by atoms with Gasteiger partial charge in [0.1, 0.15) is 18.3 Å². The Hall–Kier alpha value is -2.30. The second kappa shape index (κ2) is 8.92. The number of benzene rings is 2. The van der Waals surface area contributed by atoms with E-state index in [0.29, 0.717) is 0 Å². The van der Waals surface area contributed by atoms with Crippen molar-refractivity contribution in [2.45, 2.75) is 56.1 Å². The highest BCUT2D eigenvalue weighted by Crippen LogP contribution is 2.39. The number of methoxy groups -OCH3 is 1. The number of hydrogen-bond donors (Lipinski definition) is 0. The molecule has 0 aromatic heterocycles. The van der Waals surface area contributed by atoms with Crippen LogP contribution in [0.4, 0.5) is 0 Å². The first-order valence-corrected chi connectivity index (χ1v) is 11.9. The molecule has 172 valence electrons. The van der Waals surface area contributed by atoms with Crippen molar-refractivity contribution in [1.29, 1.82) is 0 Å². The average molecular weight is 461 g/mol. The van der Waals surface area contributed by atoms with Crippen LogP contribution in [0.3, 0.4) is 0 Å². The zero-order valence-electron chi connectivity index (χ0n) is 18.5. The van der Waals surface area contributed by atoms with E-state index in [-0.39, 0.29) is 11.4 Å². The molecule has 0 bridgehead atoms. The second-order valence-corrected chi connectivity index (χ2v) is 10.2. The summed E-state index contributed by atoms with van der Waals surface area (Å²) in [6, 6.07) is 16.0. The smallest absolute Gasteiger partial charge is 0.279 e. The summed E-state index contributed by atoms with van der Waals surface area (Å²) in [4.78, 5) is 0.148. The van der Waals surface area contributed by atoms with E-state index in [2.05, 4.69) is 5.10 Å². The predicted molar refractivity (Wildman–Crippen MR) is 119 cm³/mol. The minimum atomic E-state index is -3.94. The van der Waals surface area contributed by atoms with Gasteiger partial charge in [0.25, 0.3) is 10.0 Å². The van der Waals surface area contributed by atoms with Crippen LogP contribution in [0, 0.1) is 6.92 Å². The maximum Gasteiger partial charge on any atom is 0.279 e. The third-order valence-corrected chi connectivity index (χ3v) is 7.07. The maximum absolute atomic E-state index is 13.5. The molecule has 0 radical (unpaired) electrons. The molecule has 8 nitrogen and oxygen atoms in total. The Morgan fingerprint density at radius 2 is 1.72 bits per heavy atom. The molecule has 1 unspecified atom stereocenters. The first-order valence-electron chi connectivity index (χ1n) is 10.4. The van der Waals surface area contributed by atoms with Crippen LogP contribution in [-0.2, 0) is 29.0 Å². The molecule has 32 heavy (non-hydrogen) atoms. The van der Waals surface area contributed by atoms with E-state index in [0.717, 1.165) is 15.5 Å². The summed E-state index contributed by atoms with van der Waals surface area (Å²) in [6.07, 6.45) is -0.713. The lowest BCUT2D eigenvalue weighted by Crippen LogP contribution is -2.40. The number of sulfonamides is 1.